The largest absolute Gasteiger partial charge is 0.452 e. The monoisotopic (exact) mass is 427 g/mol. The summed E-state index contributed by atoms with van der Waals surface area (Å²) in [7, 11) is 0. The molecule has 1 aliphatic rings. The van der Waals surface area contributed by atoms with Crippen LogP contribution < -0.4 is 15.5 Å². The van der Waals surface area contributed by atoms with Gasteiger partial charge in [0.25, 0.3) is 5.91 Å². The van der Waals surface area contributed by atoms with Crippen molar-refractivity contribution in [3.63, 3.8) is 0 Å². The molecule has 0 aliphatic carbocycles. The first-order valence-corrected chi connectivity index (χ1v) is 9.98. The van der Waals surface area contributed by atoms with E-state index in [-0.39, 0.29) is 12.2 Å². The molecule has 1 aliphatic heterocycles. The molecular weight excluding hydrogens is 402 g/mol. The lowest BCUT2D eigenvalue weighted by Crippen LogP contribution is -2.36. The van der Waals surface area contributed by atoms with Gasteiger partial charge < -0.3 is 24.4 Å². The molecule has 1 saturated heterocycles. The van der Waals surface area contributed by atoms with Crippen LogP contribution in [0.4, 0.5) is 21.9 Å². The topological polar surface area (TPSA) is 106 Å². The number of benzene rings is 2. The van der Waals surface area contributed by atoms with Crippen molar-refractivity contribution in [2.75, 3.05) is 55.1 Å². The summed E-state index contributed by atoms with van der Waals surface area (Å²) < 4.78 is 15.2. The number of amides is 2. The molecule has 0 saturated carbocycles. The second kappa shape index (κ2) is 11.0. The molecule has 0 aromatic heterocycles. The van der Waals surface area contributed by atoms with Gasteiger partial charge in [0, 0.05) is 30.2 Å². The Bertz CT molecular complexity index is 910. The van der Waals surface area contributed by atoms with Gasteiger partial charge in [0.1, 0.15) is 0 Å². The van der Waals surface area contributed by atoms with Crippen LogP contribution in [0.1, 0.15) is 17.3 Å². The Hall–Kier alpha value is -3.59. The van der Waals surface area contributed by atoms with Gasteiger partial charge in [-0.05, 0) is 49.4 Å². The Kier molecular flexibility index (Phi) is 7.83. The Labute approximate surface area is 180 Å². The number of hydrogen-bond acceptors (Lipinski definition) is 7. The van der Waals surface area contributed by atoms with E-state index in [9.17, 15) is 14.4 Å². The molecule has 1 fully saturated rings. The van der Waals surface area contributed by atoms with Crippen molar-refractivity contribution in [2.45, 2.75) is 6.92 Å². The Morgan fingerprint density at radius 3 is 2.42 bits per heavy atom. The fourth-order valence-corrected chi connectivity index (χ4v) is 3.00. The lowest BCUT2D eigenvalue weighted by molar-refractivity contribution is -0.119. The van der Waals surface area contributed by atoms with E-state index in [4.69, 9.17) is 14.2 Å². The molecule has 164 valence electrons. The van der Waals surface area contributed by atoms with Crippen LogP contribution in [-0.2, 0) is 19.0 Å². The third kappa shape index (κ3) is 6.71. The average molecular weight is 427 g/mol. The van der Waals surface area contributed by atoms with Gasteiger partial charge in [-0.2, -0.15) is 0 Å². The van der Waals surface area contributed by atoms with Crippen LogP contribution >= 0.6 is 0 Å². The molecular formula is C22H25N3O6. The van der Waals surface area contributed by atoms with Crippen LogP contribution in [-0.4, -0.2) is 57.5 Å². The smallest absolute Gasteiger partial charge is 0.411 e. The molecule has 0 radical (unpaired) electrons. The van der Waals surface area contributed by atoms with Crippen molar-refractivity contribution < 1.29 is 28.6 Å². The summed E-state index contributed by atoms with van der Waals surface area (Å²) in [5.41, 5.74) is 2.26. The number of nitrogens with zero attached hydrogens (tertiary/aromatic N) is 1. The van der Waals surface area contributed by atoms with Gasteiger partial charge in [-0.15, -0.1) is 0 Å². The zero-order valence-electron chi connectivity index (χ0n) is 17.3. The summed E-state index contributed by atoms with van der Waals surface area (Å²) in [5, 5.41) is 5.20. The first kappa shape index (κ1) is 22.1. The Morgan fingerprint density at radius 1 is 0.968 bits per heavy atom. The minimum Gasteiger partial charge on any atom is -0.452 e. The summed E-state index contributed by atoms with van der Waals surface area (Å²) in [6.07, 6.45) is -0.618. The predicted octanol–water partition coefficient (Wildman–Crippen LogP) is 2.89. The molecule has 2 aromatic carbocycles. The number of ether oxygens (including phenoxy) is 3. The number of anilines is 3. The predicted molar refractivity (Wildman–Crippen MR) is 115 cm³/mol. The van der Waals surface area contributed by atoms with Gasteiger partial charge in [-0.1, -0.05) is 6.07 Å². The summed E-state index contributed by atoms with van der Waals surface area (Å²) in [6.45, 7) is 4.56. The maximum absolute atomic E-state index is 12.2. The van der Waals surface area contributed by atoms with Gasteiger partial charge in [0.15, 0.2) is 6.61 Å². The quantitative estimate of drug-likeness (QED) is 0.655. The van der Waals surface area contributed by atoms with E-state index >= 15 is 0 Å². The fourth-order valence-electron chi connectivity index (χ4n) is 3.00. The third-order valence-corrected chi connectivity index (χ3v) is 4.48. The minimum atomic E-state index is -0.676. The van der Waals surface area contributed by atoms with Gasteiger partial charge in [-0.25, -0.2) is 9.59 Å². The van der Waals surface area contributed by atoms with Crippen molar-refractivity contribution in [1.82, 2.24) is 0 Å². The van der Waals surface area contributed by atoms with Crippen molar-refractivity contribution >= 4 is 35.0 Å². The summed E-state index contributed by atoms with van der Waals surface area (Å²) >= 11 is 0. The highest BCUT2D eigenvalue weighted by Crippen LogP contribution is 2.19. The molecule has 9 heteroatoms. The van der Waals surface area contributed by atoms with Crippen molar-refractivity contribution in [2.24, 2.45) is 0 Å². The van der Waals surface area contributed by atoms with Crippen molar-refractivity contribution in [3.8, 4) is 0 Å². The molecule has 0 spiro atoms. The van der Waals surface area contributed by atoms with E-state index in [0.29, 0.717) is 24.6 Å². The lowest BCUT2D eigenvalue weighted by Gasteiger charge is -2.28. The SMILES string of the molecule is CCOC(=O)Nc1cccc(C(=O)OCC(=O)Nc2ccc(N3CCOCC3)cc2)c1. The Morgan fingerprint density at radius 2 is 1.71 bits per heavy atom. The molecule has 0 unspecified atom stereocenters. The average Bonchev–Trinajstić information content (AvgIpc) is 2.79. The number of carbonyl (C=O) groups excluding carboxylic acids is 3. The van der Waals surface area contributed by atoms with E-state index in [1.807, 2.05) is 12.1 Å². The zero-order chi connectivity index (χ0) is 22.1. The van der Waals surface area contributed by atoms with Crippen molar-refractivity contribution in [1.29, 1.82) is 0 Å². The number of rotatable bonds is 7. The highest BCUT2D eigenvalue weighted by molar-refractivity contribution is 5.96. The van der Waals surface area contributed by atoms with Crippen LogP contribution in [0.2, 0.25) is 0 Å². The maximum atomic E-state index is 12.2. The zero-order valence-corrected chi connectivity index (χ0v) is 17.3. The number of hydrogen-bond donors (Lipinski definition) is 2. The van der Waals surface area contributed by atoms with E-state index in [1.54, 1.807) is 31.2 Å². The van der Waals surface area contributed by atoms with Crippen LogP contribution in [0.5, 0.6) is 0 Å². The highest BCUT2D eigenvalue weighted by atomic mass is 16.5. The summed E-state index contributed by atoms with van der Waals surface area (Å²) in [6, 6.07) is 13.6. The van der Waals surface area contributed by atoms with Crippen molar-refractivity contribution in [3.05, 3.63) is 54.1 Å². The van der Waals surface area contributed by atoms with Gasteiger partial charge in [0.2, 0.25) is 0 Å². The fraction of sp³-hybridized carbons (Fsp3) is 0.318. The number of carbonyl (C=O) groups is 3. The van der Waals surface area contributed by atoms with E-state index < -0.39 is 24.6 Å². The molecule has 2 N–H and O–H groups in total. The van der Waals surface area contributed by atoms with Gasteiger partial charge in [-0.3, -0.25) is 10.1 Å². The molecule has 9 nitrogen and oxygen atoms in total. The van der Waals surface area contributed by atoms with Gasteiger partial charge >= 0.3 is 12.1 Å². The minimum absolute atomic E-state index is 0.206. The first-order chi connectivity index (χ1) is 15.0. The second-order valence-electron chi connectivity index (χ2n) is 6.70. The summed E-state index contributed by atoms with van der Waals surface area (Å²) in [4.78, 5) is 38.0. The van der Waals surface area contributed by atoms with E-state index in [2.05, 4.69) is 15.5 Å². The summed E-state index contributed by atoms with van der Waals surface area (Å²) in [5.74, 6) is -1.13. The Balaban J connectivity index is 1.48. The normalized spacial score (nSPS) is 13.3. The molecule has 2 aromatic rings. The molecule has 31 heavy (non-hydrogen) atoms. The standard InChI is InChI=1S/C22H25N3O6/c1-2-30-22(28)24-18-5-3-4-16(14-18)21(27)31-15-20(26)23-17-6-8-19(9-7-17)25-10-12-29-13-11-25/h3-9,14H,2,10-13,15H2,1H3,(H,23,26)(H,24,28). The van der Waals surface area contributed by atoms with Crippen LogP contribution in [0.15, 0.2) is 48.5 Å². The number of morpholine rings is 1. The molecule has 0 bridgehead atoms. The van der Waals surface area contributed by atoms with E-state index in [0.717, 1.165) is 18.8 Å². The third-order valence-electron chi connectivity index (χ3n) is 4.48. The number of nitrogens with one attached hydrogen (secondary N) is 2. The van der Waals surface area contributed by atoms with Gasteiger partial charge in [0.05, 0.1) is 25.4 Å². The molecule has 3 rings (SSSR count). The molecule has 0 atom stereocenters. The number of esters is 1. The second-order valence-corrected chi connectivity index (χ2v) is 6.70. The van der Waals surface area contributed by atoms with Crippen LogP contribution in [0.3, 0.4) is 0 Å². The van der Waals surface area contributed by atoms with Crippen LogP contribution in [0, 0.1) is 0 Å². The van der Waals surface area contributed by atoms with Crippen LogP contribution in [0.25, 0.3) is 0 Å². The molecule has 1 heterocycles. The maximum Gasteiger partial charge on any atom is 0.411 e. The highest BCUT2D eigenvalue weighted by Gasteiger charge is 2.13. The first-order valence-electron chi connectivity index (χ1n) is 9.98. The van der Waals surface area contributed by atoms with E-state index in [1.165, 1.54) is 12.1 Å². The molecule has 2 amide bonds. The lowest BCUT2D eigenvalue weighted by atomic mass is 10.2.